The Hall–Kier alpha value is -0.620. The number of sulfonamides is 1. The summed E-state index contributed by atoms with van der Waals surface area (Å²) in [6.07, 6.45) is 6.26. The Labute approximate surface area is 120 Å². The third-order valence-corrected chi connectivity index (χ3v) is 7.19. The highest BCUT2D eigenvalue weighted by molar-refractivity contribution is 7.89. The molecule has 0 N–H and O–H groups in total. The van der Waals surface area contributed by atoms with E-state index in [4.69, 9.17) is 4.74 Å². The fourth-order valence-corrected chi connectivity index (χ4v) is 5.78. The van der Waals surface area contributed by atoms with Gasteiger partial charge >= 0.3 is 5.97 Å². The van der Waals surface area contributed by atoms with Crippen LogP contribution in [0.2, 0.25) is 0 Å². The second kappa shape index (κ2) is 5.30. The maximum absolute atomic E-state index is 12.9. The van der Waals surface area contributed by atoms with Crippen molar-refractivity contribution in [2.45, 2.75) is 56.2 Å². The summed E-state index contributed by atoms with van der Waals surface area (Å²) < 4.78 is 32.4. The largest absolute Gasteiger partial charge is 0.469 e. The van der Waals surface area contributed by atoms with Crippen LogP contribution < -0.4 is 0 Å². The van der Waals surface area contributed by atoms with Gasteiger partial charge < -0.3 is 4.74 Å². The lowest BCUT2D eigenvalue weighted by Crippen LogP contribution is -2.44. The van der Waals surface area contributed by atoms with Gasteiger partial charge in [-0.3, -0.25) is 4.79 Å². The van der Waals surface area contributed by atoms with Crippen molar-refractivity contribution >= 4 is 16.0 Å². The molecule has 114 valence electrons. The average Bonchev–Trinajstić information content (AvgIpc) is 3.33. The molecule has 0 amide bonds. The molecule has 0 spiro atoms. The first-order chi connectivity index (χ1) is 9.54. The molecule has 0 aromatic heterocycles. The van der Waals surface area contributed by atoms with Gasteiger partial charge in [-0.05, 0) is 44.4 Å². The Balaban J connectivity index is 1.79. The third-order valence-electron chi connectivity index (χ3n) is 4.76. The summed E-state index contributed by atoms with van der Waals surface area (Å²) >= 11 is 0. The molecule has 3 aliphatic rings. The predicted molar refractivity (Wildman–Crippen MR) is 74.5 cm³/mol. The lowest BCUT2D eigenvalue weighted by Gasteiger charge is -2.27. The Morgan fingerprint density at radius 2 is 1.85 bits per heavy atom. The van der Waals surface area contributed by atoms with Crippen molar-refractivity contribution < 1.29 is 17.9 Å². The molecule has 5 nitrogen and oxygen atoms in total. The van der Waals surface area contributed by atoms with E-state index in [-0.39, 0.29) is 12.0 Å². The quantitative estimate of drug-likeness (QED) is 0.698. The summed E-state index contributed by atoms with van der Waals surface area (Å²) in [5, 5.41) is -0.561. The summed E-state index contributed by atoms with van der Waals surface area (Å²) in [4.78, 5) is 11.8. The standard InChI is InChI=1S/C14H23NO4S/c1-19-14(16)12-3-2-4-13(12)20(17,18)15(11-7-8-11)9-10-5-6-10/h10-13H,2-9H2,1H3. The van der Waals surface area contributed by atoms with Crippen molar-refractivity contribution in [2.24, 2.45) is 11.8 Å². The molecule has 20 heavy (non-hydrogen) atoms. The molecule has 0 aromatic rings. The number of hydrogen-bond donors (Lipinski definition) is 0. The number of esters is 1. The molecular weight excluding hydrogens is 278 g/mol. The number of nitrogens with zero attached hydrogens (tertiary/aromatic N) is 1. The minimum Gasteiger partial charge on any atom is -0.469 e. The molecule has 0 aliphatic heterocycles. The van der Waals surface area contributed by atoms with Gasteiger partial charge in [0, 0.05) is 12.6 Å². The summed E-state index contributed by atoms with van der Waals surface area (Å²) in [5.41, 5.74) is 0. The van der Waals surface area contributed by atoms with Gasteiger partial charge in [-0.2, -0.15) is 4.31 Å². The molecule has 3 rings (SSSR count). The number of carbonyl (C=O) groups is 1. The van der Waals surface area contributed by atoms with Crippen molar-refractivity contribution in [1.82, 2.24) is 4.31 Å². The topological polar surface area (TPSA) is 63.7 Å². The monoisotopic (exact) mass is 301 g/mol. The van der Waals surface area contributed by atoms with E-state index >= 15 is 0 Å². The van der Waals surface area contributed by atoms with Crippen LogP contribution in [0.25, 0.3) is 0 Å². The number of rotatable bonds is 6. The van der Waals surface area contributed by atoms with Crippen LogP contribution in [0.1, 0.15) is 44.9 Å². The van der Waals surface area contributed by atoms with E-state index in [0.29, 0.717) is 25.3 Å². The van der Waals surface area contributed by atoms with Gasteiger partial charge in [0.1, 0.15) is 0 Å². The Morgan fingerprint density at radius 1 is 1.15 bits per heavy atom. The van der Waals surface area contributed by atoms with Crippen molar-refractivity contribution in [3.05, 3.63) is 0 Å². The molecule has 3 fully saturated rings. The van der Waals surface area contributed by atoms with Crippen molar-refractivity contribution in [3.63, 3.8) is 0 Å². The van der Waals surface area contributed by atoms with E-state index in [9.17, 15) is 13.2 Å². The first-order valence-corrected chi connectivity index (χ1v) is 9.13. The first kappa shape index (κ1) is 14.3. The van der Waals surface area contributed by atoms with Crippen LogP contribution in [0.4, 0.5) is 0 Å². The molecule has 0 saturated heterocycles. The van der Waals surface area contributed by atoms with Crippen LogP contribution in [0.15, 0.2) is 0 Å². The fraction of sp³-hybridized carbons (Fsp3) is 0.929. The van der Waals surface area contributed by atoms with Crippen LogP contribution >= 0.6 is 0 Å². The number of methoxy groups -OCH3 is 1. The van der Waals surface area contributed by atoms with Crippen LogP contribution in [0.3, 0.4) is 0 Å². The lowest BCUT2D eigenvalue weighted by atomic mass is 10.1. The molecule has 2 unspecified atom stereocenters. The lowest BCUT2D eigenvalue weighted by molar-refractivity contribution is -0.145. The second-order valence-electron chi connectivity index (χ2n) is 6.39. The van der Waals surface area contributed by atoms with E-state index in [0.717, 1.165) is 32.1 Å². The molecule has 0 aromatic carbocycles. The Morgan fingerprint density at radius 3 is 2.40 bits per heavy atom. The van der Waals surface area contributed by atoms with Gasteiger partial charge in [0.2, 0.25) is 10.0 Å². The van der Waals surface area contributed by atoms with Crippen LogP contribution in [0.5, 0.6) is 0 Å². The highest BCUT2D eigenvalue weighted by Gasteiger charge is 2.49. The predicted octanol–water partition coefficient (Wildman–Crippen LogP) is 1.53. The summed E-state index contributed by atoms with van der Waals surface area (Å²) in [7, 11) is -2.02. The molecule has 0 heterocycles. The zero-order valence-electron chi connectivity index (χ0n) is 12.0. The van der Waals surface area contributed by atoms with Gasteiger partial charge in [0.15, 0.2) is 0 Å². The van der Waals surface area contributed by atoms with Gasteiger partial charge in [0.25, 0.3) is 0 Å². The summed E-state index contributed by atoms with van der Waals surface area (Å²) in [6.45, 7) is 0.664. The van der Waals surface area contributed by atoms with E-state index in [1.807, 2.05) is 0 Å². The van der Waals surface area contributed by atoms with E-state index in [1.165, 1.54) is 7.11 Å². The fourth-order valence-electron chi connectivity index (χ4n) is 3.26. The van der Waals surface area contributed by atoms with Crippen molar-refractivity contribution in [2.75, 3.05) is 13.7 Å². The normalized spacial score (nSPS) is 30.7. The summed E-state index contributed by atoms with van der Waals surface area (Å²) in [6, 6.07) is 0.194. The molecule has 2 atom stereocenters. The van der Waals surface area contributed by atoms with Crippen LogP contribution in [0, 0.1) is 11.8 Å². The van der Waals surface area contributed by atoms with E-state index in [2.05, 4.69) is 0 Å². The molecule has 3 saturated carbocycles. The highest BCUT2D eigenvalue weighted by Crippen LogP contribution is 2.41. The van der Waals surface area contributed by atoms with Crippen LogP contribution in [-0.2, 0) is 19.6 Å². The minimum absolute atomic E-state index is 0.194. The maximum Gasteiger partial charge on any atom is 0.310 e. The zero-order valence-corrected chi connectivity index (χ0v) is 12.8. The van der Waals surface area contributed by atoms with Crippen molar-refractivity contribution in [3.8, 4) is 0 Å². The average molecular weight is 301 g/mol. The van der Waals surface area contributed by atoms with Crippen LogP contribution in [-0.4, -0.2) is 43.6 Å². The molecule has 0 radical (unpaired) electrons. The highest BCUT2D eigenvalue weighted by atomic mass is 32.2. The van der Waals surface area contributed by atoms with E-state index < -0.39 is 21.2 Å². The third kappa shape index (κ3) is 2.72. The van der Waals surface area contributed by atoms with E-state index in [1.54, 1.807) is 4.31 Å². The minimum atomic E-state index is -3.36. The number of carbonyl (C=O) groups excluding carboxylic acids is 1. The molecule has 0 bridgehead atoms. The summed E-state index contributed by atoms with van der Waals surface area (Å²) in [5.74, 6) is -0.285. The number of hydrogen-bond acceptors (Lipinski definition) is 4. The Bertz CT molecular complexity index is 481. The van der Waals surface area contributed by atoms with Crippen molar-refractivity contribution in [1.29, 1.82) is 0 Å². The van der Waals surface area contributed by atoms with Gasteiger partial charge in [-0.25, -0.2) is 8.42 Å². The molecular formula is C14H23NO4S. The second-order valence-corrected chi connectivity index (χ2v) is 8.49. The van der Waals surface area contributed by atoms with Gasteiger partial charge in [-0.1, -0.05) is 6.42 Å². The SMILES string of the molecule is COC(=O)C1CCCC1S(=O)(=O)N(CC1CC1)C1CC1. The molecule has 3 aliphatic carbocycles. The molecule has 6 heteroatoms. The van der Waals surface area contributed by atoms with Gasteiger partial charge in [-0.15, -0.1) is 0 Å². The first-order valence-electron chi connectivity index (χ1n) is 7.62. The van der Waals surface area contributed by atoms with Gasteiger partial charge in [0.05, 0.1) is 18.3 Å². The number of ether oxygens (including phenoxy) is 1. The smallest absolute Gasteiger partial charge is 0.310 e. The zero-order chi connectivity index (χ0) is 14.3. The maximum atomic E-state index is 12.9. The Kier molecular flexibility index (Phi) is 3.79.